The number of carbonyl (C=O) groups excluding carboxylic acids is 2. The number of carbonyl (C=O) groups is 2. The SMILES string of the molecule is COCc1oncc1C(=O)N1CC(F)CC1C(=O)NC(c1ccccc1)c1ccc(C(C)C)cc1. The Morgan fingerprint density at radius 3 is 2.43 bits per heavy atom. The van der Waals surface area contributed by atoms with Gasteiger partial charge in [-0.1, -0.05) is 73.6 Å². The molecule has 0 bridgehead atoms. The standard InChI is InChI=1S/C27H30FN3O4/c1-17(2)18-9-11-20(12-10-18)25(19-7-5-4-6-8-19)30-26(32)23-13-21(28)15-31(23)27(33)22-14-29-35-24(22)16-34-3/h4-12,14,17,21,23,25H,13,15-16H2,1-3H3,(H,30,32). The highest BCUT2D eigenvalue weighted by molar-refractivity contribution is 5.98. The summed E-state index contributed by atoms with van der Waals surface area (Å²) in [6.45, 7) is 4.12. The number of hydrogen-bond donors (Lipinski definition) is 1. The molecule has 2 amide bonds. The van der Waals surface area contributed by atoms with E-state index < -0.39 is 30.1 Å². The van der Waals surface area contributed by atoms with Gasteiger partial charge in [0.15, 0.2) is 5.76 Å². The summed E-state index contributed by atoms with van der Waals surface area (Å²) in [6.07, 6.45) is -0.0998. The summed E-state index contributed by atoms with van der Waals surface area (Å²) in [5.41, 5.74) is 3.17. The Hall–Kier alpha value is -3.52. The van der Waals surface area contributed by atoms with E-state index in [1.54, 1.807) is 0 Å². The highest BCUT2D eigenvalue weighted by Crippen LogP contribution is 2.28. The molecule has 1 aromatic heterocycles. The molecule has 3 unspecified atom stereocenters. The van der Waals surface area contributed by atoms with Crippen molar-refractivity contribution in [1.82, 2.24) is 15.4 Å². The third-order valence-electron chi connectivity index (χ3n) is 6.32. The molecular weight excluding hydrogens is 449 g/mol. The monoisotopic (exact) mass is 479 g/mol. The maximum absolute atomic E-state index is 14.5. The predicted octanol–water partition coefficient (Wildman–Crippen LogP) is 4.40. The van der Waals surface area contributed by atoms with E-state index in [4.69, 9.17) is 9.26 Å². The van der Waals surface area contributed by atoms with Crippen LogP contribution in [-0.4, -0.2) is 47.7 Å². The van der Waals surface area contributed by atoms with Crippen molar-refractivity contribution < 1.29 is 23.2 Å². The van der Waals surface area contributed by atoms with Gasteiger partial charge in [0.25, 0.3) is 5.91 Å². The molecule has 1 fully saturated rings. The number of nitrogens with one attached hydrogen (secondary N) is 1. The number of hydrogen-bond acceptors (Lipinski definition) is 5. The van der Waals surface area contributed by atoms with Crippen molar-refractivity contribution in [1.29, 1.82) is 0 Å². The second-order valence-electron chi connectivity index (χ2n) is 9.08. The normalized spacial score (nSPS) is 18.6. The van der Waals surface area contributed by atoms with E-state index >= 15 is 0 Å². The van der Waals surface area contributed by atoms with E-state index in [1.165, 1.54) is 23.8 Å². The second kappa shape index (κ2) is 10.8. The summed E-state index contributed by atoms with van der Waals surface area (Å²) in [4.78, 5) is 28.0. The minimum atomic E-state index is -1.30. The van der Waals surface area contributed by atoms with Crippen LogP contribution in [0.3, 0.4) is 0 Å². The third-order valence-corrected chi connectivity index (χ3v) is 6.32. The van der Waals surface area contributed by atoms with Gasteiger partial charge in [-0.3, -0.25) is 9.59 Å². The fourth-order valence-electron chi connectivity index (χ4n) is 4.40. The van der Waals surface area contributed by atoms with Crippen molar-refractivity contribution >= 4 is 11.8 Å². The number of rotatable bonds is 8. The van der Waals surface area contributed by atoms with Crippen LogP contribution in [0.5, 0.6) is 0 Å². The lowest BCUT2D eigenvalue weighted by Crippen LogP contribution is -2.47. The third kappa shape index (κ3) is 5.43. The first-order chi connectivity index (χ1) is 16.9. The highest BCUT2D eigenvalue weighted by atomic mass is 19.1. The quantitative estimate of drug-likeness (QED) is 0.518. The summed E-state index contributed by atoms with van der Waals surface area (Å²) in [7, 11) is 1.47. The van der Waals surface area contributed by atoms with Gasteiger partial charge >= 0.3 is 0 Å². The number of nitrogens with zero attached hydrogens (tertiary/aromatic N) is 2. The zero-order valence-electron chi connectivity index (χ0n) is 20.1. The van der Waals surface area contributed by atoms with Crippen LogP contribution >= 0.6 is 0 Å². The number of amides is 2. The lowest BCUT2D eigenvalue weighted by molar-refractivity contribution is -0.125. The predicted molar refractivity (Wildman–Crippen MR) is 129 cm³/mol. The minimum Gasteiger partial charge on any atom is -0.377 e. The minimum absolute atomic E-state index is 0.0489. The van der Waals surface area contributed by atoms with E-state index in [9.17, 15) is 14.0 Å². The lowest BCUT2D eigenvalue weighted by atomic mass is 9.95. The van der Waals surface area contributed by atoms with E-state index in [0.29, 0.717) is 5.92 Å². The smallest absolute Gasteiger partial charge is 0.259 e. The first kappa shape index (κ1) is 24.6. The fourth-order valence-corrected chi connectivity index (χ4v) is 4.40. The number of halogens is 1. The molecular formula is C27H30FN3O4. The average molecular weight is 480 g/mol. The van der Waals surface area contributed by atoms with Crippen molar-refractivity contribution in [2.45, 2.75) is 51.0 Å². The number of benzene rings is 2. The van der Waals surface area contributed by atoms with Gasteiger partial charge in [-0.25, -0.2) is 4.39 Å². The number of methoxy groups -OCH3 is 1. The van der Waals surface area contributed by atoms with E-state index in [-0.39, 0.29) is 30.9 Å². The van der Waals surface area contributed by atoms with Crippen LogP contribution in [0.25, 0.3) is 0 Å². The maximum atomic E-state index is 14.5. The second-order valence-corrected chi connectivity index (χ2v) is 9.08. The van der Waals surface area contributed by atoms with Crippen LogP contribution in [0.4, 0.5) is 4.39 Å². The molecule has 2 heterocycles. The Kier molecular flexibility index (Phi) is 7.60. The first-order valence-corrected chi connectivity index (χ1v) is 11.7. The Bertz CT molecular complexity index is 1150. The average Bonchev–Trinajstić information content (AvgIpc) is 3.49. The van der Waals surface area contributed by atoms with Gasteiger partial charge in [-0.05, 0) is 22.6 Å². The molecule has 1 saturated heterocycles. The molecule has 1 aliphatic heterocycles. The fraction of sp³-hybridized carbons (Fsp3) is 0.370. The van der Waals surface area contributed by atoms with E-state index in [1.807, 2.05) is 54.6 Å². The summed E-state index contributed by atoms with van der Waals surface area (Å²) in [5.74, 6) is -0.290. The van der Waals surface area contributed by atoms with Crippen molar-refractivity contribution in [3.05, 3.63) is 88.8 Å². The Labute approximate surface area is 204 Å². The van der Waals surface area contributed by atoms with Crippen molar-refractivity contribution in [2.75, 3.05) is 13.7 Å². The van der Waals surface area contributed by atoms with Crippen LogP contribution in [0, 0.1) is 0 Å². The van der Waals surface area contributed by atoms with Gasteiger partial charge in [0.05, 0.1) is 18.8 Å². The van der Waals surface area contributed by atoms with Gasteiger partial charge < -0.3 is 19.5 Å². The van der Waals surface area contributed by atoms with Gasteiger partial charge in [0.1, 0.15) is 24.4 Å². The van der Waals surface area contributed by atoms with Gasteiger partial charge in [-0.2, -0.15) is 0 Å². The number of aromatic nitrogens is 1. The number of likely N-dealkylation sites (tertiary alicyclic amines) is 1. The molecule has 0 spiro atoms. The highest BCUT2D eigenvalue weighted by Gasteiger charge is 2.42. The van der Waals surface area contributed by atoms with Crippen molar-refractivity contribution in [3.63, 3.8) is 0 Å². The zero-order valence-corrected chi connectivity index (χ0v) is 20.1. The summed E-state index contributed by atoms with van der Waals surface area (Å²) in [5, 5.41) is 6.74. The van der Waals surface area contributed by atoms with Crippen molar-refractivity contribution in [3.8, 4) is 0 Å². The molecule has 2 aromatic carbocycles. The Morgan fingerprint density at radius 1 is 1.11 bits per heavy atom. The zero-order chi connectivity index (χ0) is 24.9. The van der Waals surface area contributed by atoms with Crippen LogP contribution in [0.2, 0.25) is 0 Å². The lowest BCUT2D eigenvalue weighted by Gasteiger charge is -2.27. The number of alkyl halides is 1. The Morgan fingerprint density at radius 2 is 1.77 bits per heavy atom. The maximum Gasteiger partial charge on any atom is 0.259 e. The molecule has 7 nitrogen and oxygen atoms in total. The largest absolute Gasteiger partial charge is 0.377 e. The van der Waals surface area contributed by atoms with Crippen LogP contribution < -0.4 is 5.32 Å². The molecule has 0 radical (unpaired) electrons. The Balaban J connectivity index is 1.59. The van der Waals surface area contributed by atoms with Gasteiger partial charge in [0.2, 0.25) is 5.91 Å². The topological polar surface area (TPSA) is 84.7 Å². The molecule has 0 saturated carbocycles. The van der Waals surface area contributed by atoms with Crippen LogP contribution in [0.15, 0.2) is 65.3 Å². The van der Waals surface area contributed by atoms with Crippen LogP contribution in [0.1, 0.15) is 65.0 Å². The molecule has 4 rings (SSSR count). The number of ether oxygens (including phenoxy) is 1. The summed E-state index contributed by atoms with van der Waals surface area (Å²) >= 11 is 0. The molecule has 1 N–H and O–H groups in total. The molecule has 35 heavy (non-hydrogen) atoms. The molecule has 8 heteroatoms. The molecule has 3 atom stereocenters. The van der Waals surface area contributed by atoms with Crippen molar-refractivity contribution in [2.24, 2.45) is 0 Å². The summed E-state index contributed by atoms with van der Waals surface area (Å²) in [6, 6.07) is 16.3. The first-order valence-electron chi connectivity index (χ1n) is 11.7. The molecule has 0 aliphatic carbocycles. The molecule has 3 aromatic rings. The van der Waals surface area contributed by atoms with Gasteiger partial charge in [-0.15, -0.1) is 0 Å². The molecule has 184 valence electrons. The van der Waals surface area contributed by atoms with E-state index in [0.717, 1.165) is 11.1 Å². The summed E-state index contributed by atoms with van der Waals surface area (Å²) < 4.78 is 24.6. The van der Waals surface area contributed by atoms with E-state index in [2.05, 4.69) is 24.3 Å². The van der Waals surface area contributed by atoms with Crippen LogP contribution in [-0.2, 0) is 16.1 Å². The van der Waals surface area contributed by atoms with Gasteiger partial charge in [0, 0.05) is 13.5 Å². The molecule has 1 aliphatic rings.